The number of halogens is 1. The Bertz CT molecular complexity index is 502. The van der Waals surface area contributed by atoms with Gasteiger partial charge in [-0.3, -0.25) is 4.79 Å². The first kappa shape index (κ1) is 16.9. The van der Waals surface area contributed by atoms with E-state index in [0.717, 1.165) is 5.56 Å². The highest BCUT2D eigenvalue weighted by Crippen LogP contribution is 2.09. The Kier molecular flexibility index (Phi) is 7.21. The summed E-state index contributed by atoms with van der Waals surface area (Å²) in [4.78, 5) is 15.8. The maximum absolute atomic E-state index is 13.2. The van der Waals surface area contributed by atoms with Crippen LogP contribution in [0.4, 0.5) is 4.39 Å². The van der Waals surface area contributed by atoms with Gasteiger partial charge in [0.25, 0.3) is 0 Å². The van der Waals surface area contributed by atoms with E-state index in [2.05, 4.69) is 20.9 Å². The van der Waals surface area contributed by atoms with Crippen molar-refractivity contribution in [3.05, 3.63) is 35.1 Å². The van der Waals surface area contributed by atoms with Crippen molar-refractivity contribution in [2.75, 3.05) is 19.6 Å². The lowest BCUT2D eigenvalue weighted by atomic mass is 10.1. The zero-order valence-electron chi connectivity index (χ0n) is 12.8. The summed E-state index contributed by atoms with van der Waals surface area (Å²) in [5, 5.41) is 8.72. The normalized spacial score (nSPS) is 11.1. The molecule has 0 fully saturated rings. The van der Waals surface area contributed by atoms with Gasteiger partial charge in [0.15, 0.2) is 5.96 Å². The molecule has 0 spiro atoms. The first-order valence-electron chi connectivity index (χ1n) is 7.10. The number of aliphatic imine (C=N–C) groups is 1. The van der Waals surface area contributed by atoms with Gasteiger partial charge in [0.1, 0.15) is 5.82 Å². The van der Waals surface area contributed by atoms with Gasteiger partial charge in [-0.05, 0) is 38.0 Å². The van der Waals surface area contributed by atoms with Gasteiger partial charge in [-0.1, -0.05) is 12.1 Å². The lowest BCUT2D eigenvalue weighted by Crippen LogP contribution is -2.43. The van der Waals surface area contributed by atoms with Gasteiger partial charge in [-0.25, -0.2) is 9.38 Å². The molecule has 0 saturated carbocycles. The van der Waals surface area contributed by atoms with Crippen molar-refractivity contribution in [2.45, 2.75) is 27.3 Å². The van der Waals surface area contributed by atoms with Gasteiger partial charge in [0.05, 0.1) is 13.1 Å². The molecule has 1 rings (SSSR count). The molecule has 1 aromatic rings. The molecule has 6 heteroatoms. The topological polar surface area (TPSA) is 65.5 Å². The molecule has 3 N–H and O–H groups in total. The summed E-state index contributed by atoms with van der Waals surface area (Å²) in [6.45, 7) is 7.43. The summed E-state index contributed by atoms with van der Waals surface area (Å²) < 4.78 is 13.2. The summed E-state index contributed by atoms with van der Waals surface area (Å²) in [7, 11) is 0. The molecule has 0 atom stereocenters. The van der Waals surface area contributed by atoms with Crippen molar-refractivity contribution in [1.29, 1.82) is 0 Å². The molecule has 0 heterocycles. The van der Waals surface area contributed by atoms with Gasteiger partial charge < -0.3 is 16.0 Å². The Labute approximate surface area is 125 Å². The second-order valence-corrected chi connectivity index (χ2v) is 4.59. The van der Waals surface area contributed by atoms with E-state index in [1.807, 2.05) is 13.8 Å². The SMILES string of the molecule is CCNC(=O)CNC(=NCc1ccc(F)c(C)c1)NCC. The van der Waals surface area contributed by atoms with Crippen molar-refractivity contribution in [1.82, 2.24) is 16.0 Å². The van der Waals surface area contributed by atoms with Crippen LogP contribution in [0.1, 0.15) is 25.0 Å². The number of carbonyl (C=O) groups excluding carboxylic acids is 1. The van der Waals surface area contributed by atoms with Gasteiger partial charge in [0, 0.05) is 13.1 Å². The molecule has 5 nitrogen and oxygen atoms in total. The Balaban J connectivity index is 2.62. The van der Waals surface area contributed by atoms with Crippen molar-refractivity contribution in [3.8, 4) is 0 Å². The summed E-state index contributed by atoms with van der Waals surface area (Å²) >= 11 is 0. The fraction of sp³-hybridized carbons (Fsp3) is 0.467. The molecule has 0 aliphatic carbocycles. The molecule has 0 aromatic heterocycles. The number of amides is 1. The van der Waals surface area contributed by atoms with Crippen LogP contribution < -0.4 is 16.0 Å². The Morgan fingerprint density at radius 1 is 1.19 bits per heavy atom. The largest absolute Gasteiger partial charge is 0.357 e. The smallest absolute Gasteiger partial charge is 0.239 e. The number of aryl methyl sites for hydroxylation is 1. The van der Waals surface area contributed by atoms with Crippen LogP contribution in [0.25, 0.3) is 0 Å². The average molecular weight is 294 g/mol. The molecule has 0 aliphatic rings. The van der Waals surface area contributed by atoms with Crippen LogP contribution in [0.2, 0.25) is 0 Å². The highest BCUT2D eigenvalue weighted by atomic mass is 19.1. The van der Waals surface area contributed by atoms with Crippen LogP contribution in [0.15, 0.2) is 23.2 Å². The Morgan fingerprint density at radius 3 is 2.52 bits per heavy atom. The molecule has 0 unspecified atom stereocenters. The van der Waals surface area contributed by atoms with Crippen LogP contribution >= 0.6 is 0 Å². The van der Waals surface area contributed by atoms with Crippen LogP contribution in [0.5, 0.6) is 0 Å². The average Bonchev–Trinajstić information content (AvgIpc) is 2.46. The van der Waals surface area contributed by atoms with E-state index in [9.17, 15) is 9.18 Å². The Morgan fingerprint density at radius 2 is 1.90 bits per heavy atom. The highest BCUT2D eigenvalue weighted by Gasteiger charge is 2.03. The zero-order valence-corrected chi connectivity index (χ0v) is 12.8. The van der Waals surface area contributed by atoms with Gasteiger partial charge in [0.2, 0.25) is 5.91 Å². The maximum Gasteiger partial charge on any atom is 0.239 e. The van der Waals surface area contributed by atoms with Crippen molar-refractivity contribution in [2.24, 2.45) is 4.99 Å². The van der Waals surface area contributed by atoms with E-state index in [1.165, 1.54) is 6.07 Å². The van der Waals surface area contributed by atoms with Crippen LogP contribution in [-0.2, 0) is 11.3 Å². The van der Waals surface area contributed by atoms with Crippen molar-refractivity contribution in [3.63, 3.8) is 0 Å². The number of nitrogens with one attached hydrogen (secondary N) is 3. The monoisotopic (exact) mass is 294 g/mol. The number of guanidine groups is 1. The van der Waals surface area contributed by atoms with Crippen LogP contribution in [0.3, 0.4) is 0 Å². The predicted molar refractivity (Wildman–Crippen MR) is 82.6 cm³/mol. The summed E-state index contributed by atoms with van der Waals surface area (Å²) in [6, 6.07) is 4.92. The Hall–Kier alpha value is -2.11. The standard InChI is InChI=1S/C15H23FN4O/c1-4-17-14(21)10-20-15(18-5-2)19-9-12-6-7-13(16)11(3)8-12/h6-8H,4-5,9-10H2,1-3H3,(H,17,21)(H2,18,19,20). The molecule has 1 aromatic carbocycles. The molecule has 0 bridgehead atoms. The predicted octanol–water partition coefficient (Wildman–Crippen LogP) is 1.33. The van der Waals surface area contributed by atoms with Crippen LogP contribution in [-0.4, -0.2) is 31.5 Å². The second-order valence-electron chi connectivity index (χ2n) is 4.59. The second kappa shape index (κ2) is 8.94. The van der Waals surface area contributed by atoms with Crippen molar-refractivity contribution >= 4 is 11.9 Å². The zero-order chi connectivity index (χ0) is 15.7. The molecule has 1 amide bonds. The summed E-state index contributed by atoms with van der Waals surface area (Å²) in [5.74, 6) is 0.260. The molecular formula is C15H23FN4O. The third-order valence-corrected chi connectivity index (χ3v) is 2.78. The lowest BCUT2D eigenvalue weighted by Gasteiger charge is -2.11. The van der Waals surface area contributed by atoms with Gasteiger partial charge >= 0.3 is 0 Å². The molecular weight excluding hydrogens is 271 g/mol. The quantitative estimate of drug-likeness (QED) is 0.548. The van der Waals surface area contributed by atoms with E-state index < -0.39 is 0 Å². The number of rotatable bonds is 6. The third-order valence-electron chi connectivity index (χ3n) is 2.78. The minimum atomic E-state index is -0.219. The number of carbonyl (C=O) groups is 1. The minimum absolute atomic E-state index is 0.0827. The van der Waals surface area contributed by atoms with E-state index >= 15 is 0 Å². The van der Waals surface area contributed by atoms with Crippen molar-refractivity contribution < 1.29 is 9.18 Å². The molecule has 21 heavy (non-hydrogen) atoms. The maximum atomic E-state index is 13.2. The molecule has 116 valence electrons. The fourth-order valence-corrected chi connectivity index (χ4v) is 1.74. The molecule has 0 saturated heterocycles. The van der Waals surface area contributed by atoms with Gasteiger partial charge in [-0.15, -0.1) is 0 Å². The minimum Gasteiger partial charge on any atom is -0.357 e. The third kappa shape index (κ3) is 6.25. The number of likely N-dealkylation sites (N-methyl/N-ethyl adjacent to an activating group) is 1. The van der Waals surface area contributed by atoms with Crippen LogP contribution in [0, 0.1) is 12.7 Å². The number of benzene rings is 1. The summed E-state index contributed by atoms with van der Waals surface area (Å²) in [6.07, 6.45) is 0. The molecule has 0 aliphatic heterocycles. The van der Waals surface area contributed by atoms with E-state index in [1.54, 1.807) is 19.1 Å². The number of nitrogens with zero attached hydrogens (tertiary/aromatic N) is 1. The first-order chi connectivity index (χ1) is 10.1. The lowest BCUT2D eigenvalue weighted by molar-refractivity contribution is -0.119. The van der Waals surface area contributed by atoms with Gasteiger partial charge in [-0.2, -0.15) is 0 Å². The van der Waals surface area contributed by atoms with E-state index in [0.29, 0.717) is 31.2 Å². The first-order valence-corrected chi connectivity index (χ1v) is 7.10. The van der Waals surface area contributed by atoms with E-state index in [4.69, 9.17) is 0 Å². The van der Waals surface area contributed by atoms with E-state index in [-0.39, 0.29) is 18.3 Å². The molecule has 0 radical (unpaired) electrons. The highest BCUT2D eigenvalue weighted by molar-refractivity contribution is 5.86. The fourth-order valence-electron chi connectivity index (χ4n) is 1.74. The summed E-state index contributed by atoms with van der Waals surface area (Å²) in [5.41, 5.74) is 1.52. The number of hydrogen-bond donors (Lipinski definition) is 3. The number of hydrogen-bond acceptors (Lipinski definition) is 2.